The molecule has 0 radical (unpaired) electrons. The van der Waals surface area contributed by atoms with E-state index < -0.39 is 0 Å². The fourth-order valence-electron chi connectivity index (χ4n) is 2.53. The molecule has 2 aromatic heterocycles. The lowest BCUT2D eigenvalue weighted by Crippen LogP contribution is -2.29. The van der Waals surface area contributed by atoms with Gasteiger partial charge in [0.1, 0.15) is 5.82 Å². The summed E-state index contributed by atoms with van der Waals surface area (Å²) in [5.41, 5.74) is 1.14. The van der Waals surface area contributed by atoms with E-state index in [1.165, 1.54) is 0 Å². The molecule has 2 aromatic rings. The number of amides is 1. The minimum atomic E-state index is 0.0765. The fourth-order valence-corrected chi connectivity index (χ4v) is 2.80. The number of nitrogens with one attached hydrogen (secondary N) is 2. The zero-order valence-electron chi connectivity index (χ0n) is 11.7. The SMILES string of the molecule is Cc1n[nH]c(=S)n1CCNC(=O)[C@H]1C[C@@H]1c1cccnc1. The maximum absolute atomic E-state index is 12.1. The zero-order valence-corrected chi connectivity index (χ0v) is 12.6. The van der Waals surface area contributed by atoms with Crippen LogP contribution in [0.25, 0.3) is 0 Å². The predicted molar refractivity (Wildman–Crippen MR) is 80.2 cm³/mol. The van der Waals surface area contributed by atoms with Gasteiger partial charge in [-0.2, -0.15) is 5.10 Å². The molecule has 0 aromatic carbocycles. The lowest BCUT2D eigenvalue weighted by molar-refractivity contribution is -0.122. The van der Waals surface area contributed by atoms with Crippen molar-refractivity contribution in [2.24, 2.45) is 5.92 Å². The smallest absolute Gasteiger partial charge is 0.223 e. The maximum Gasteiger partial charge on any atom is 0.223 e. The van der Waals surface area contributed by atoms with Gasteiger partial charge in [-0.3, -0.25) is 14.9 Å². The summed E-state index contributed by atoms with van der Waals surface area (Å²) in [4.78, 5) is 16.2. The minimum Gasteiger partial charge on any atom is -0.354 e. The molecule has 0 saturated heterocycles. The van der Waals surface area contributed by atoms with Crippen molar-refractivity contribution in [2.45, 2.75) is 25.8 Å². The highest BCUT2D eigenvalue weighted by Crippen LogP contribution is 2.47. The third-order valence-electron chi connectivity index (χ3n) is 3.82. The van der Waals surface area contributed by atoms with Crippen molar-refractivity contribution in [3.8, 4) is 0 Å². The van der Waals surface area contributed by atoms with Crippen LogP contribution >= 0.6 is 12.2 Å². The summed E-state index contributed by atoms with van der Waals surface area (Å²) in [6, 6.07) is 3.94. The van der Waals surface area contributed by atoms with Crippen LogP contribution < -0.4 is 5.32 Å². The largest absolute Gasteiger partial charge is 0.354 e. The Morgan fingerprint density at radius 3 is 3.14 bits per heavy atom. The van der Waals surface area contributed by atoms with Gasteiger partial charge in [-0.15, -0.1) is 0 Å². The molecule has 1 aliphatic rings. The number of hydrogen-bond acceptors (Lipinski definition) is 4. The Balaban J connectivity index is 1.49. The molecule has 21 heavy (non-hydrogen) atoms. The lowest BCUT2D eigenvalue weighted by atomic mass is 10.1. The summed E-state index contributed by atoms with van der Waals surface area (Å²) >= 11 is 5.12. The molecule has 0 bridgehead atoms. The second-order valence-electron chi connectivity index (χ2n) is 5.25. The number of rotatable bonds is 5. The topological polar surface area (TPSA) is 75.6 Å². The highest BCUT2D eigenvalue weighted by Gasteiger charge is 2.43. The van der Waals surface area contributed by atoms with E-state index in [1.54, 1.807) is 6.20 Å². The van der Waals surface area contributed by atoms with E-state index in [9.17, 15) is 4.79 Å². The van der Waals surface area contributed by atoms with Crippen molar-refractivity contribution in [1.82, 2.24) is 25.1 Å². The van der Waals surface area contributed by atoms with E-state index in [0.717, 1.165) is 17.8 Å². The van der Waals surface area contributed by atoms with Gasteiger partial charge in [-0.1, -0.05) is 6.07 Å². The van der Waals surface area contributed by atoms with Crippen LogP contribution in [0.15, 0.2) is 24.5 Å². The third kappa shape index (κ3) is 3.02. The summed E-state index contributed by atoms with van der Waals surface area (Å²) < 4.78 is 2.46. The van der Waals surface area contributed by atoms with Crippen molar-refractivity contribution in [1.29, 1.82) is 0 Å². The van der Waals surface area contributed by atoms with Gasteiger partial charge in [0, 0.05) is 31.4 Å². The molecular formula is C14H17N5OS. The monoisotopic (exact) mass is 303 g/mol. The molecule has 0 aliphatic heterocycles. The molecule has 6 nitrogen and oxygen atoms in total. The normalized spacial score (nSPS) is 20.2. The van der Waals surface area contributed by atoms with E-state index in [2.05, 4.69) is 20.5 Å². The molecule has 2 heterocycles. The average Bonchev–Trinajstić information content (AvgIpc) is 3.24. The third-order valence-corrected chi connectivity index (χ3v) is 4.14. The Labute approximate surface area is 127 Å². The van der Waals surface area contributed by atoms with Gasteiger partial charge < -0.3 is 9.88 Å². The molecule has 0 spiro atoms. The van der Waals surface area contributed by atoms with Gasteiger partial charge in [0.05, 0.1) is 0 Å². The first-order valence-electron chi connectivity index (χ1n) is 6.96. The second-order valence-corrected chi connectivity index (χ2v) is 5.64. The van der Waals surface area contributed by atoms with Crippen LogP contribution in [0.1, 0.15) is 23.7 Å². The fraction of sp³-hybridized carbons (Fsp3) is 0.429. The molecule has 1 amide bonds. The second kappa shape index (κ2) is 5.77. The van der Waals surface area contributed by atoms with Gasteiger partial charge >= 0.3 is 0 Å². The Morgan fingerprint density at radius 1 is 1.62 bits per heavy atom. The molecule has 0 unspecified atom stereocenters. The zero-order chi connectivity index (χ0) is 14.8. The Morgan fingerprint density at radius 2 is 2.48 bits per heavy atom. The molecule has 1 saturated carbocycles. The average molecular weight is 303 g/mol. The molecular weight excluding hydrogens is 286 g/mol. The van der Waals surface area contributed by atoms with Gasteiger partial charge in [-0.25, -0.2) is 0 Å². The number of carbonyl (C=O) groups is 1. The van der Waals surface area contributed by atoms with Crippen LogP contribution in [0.3, 0.4) is 0 Å². The van der Waals surface area contributed by atoms with Crippen LogP contribution in [0, 0.1) is 17.6 Å². The number of hydrogen-bond donors (Lipinski definition) is 2. The molecule has 2 N–H and O–H groups in total. The first kappa shape index (κ1) is 13.9. The predicted octanol–water partition coefficient (Wildman–Crippen LogP) is 1.56. The van der Waals surface area contributed by atoms with Crippen molar-refractivity contribution < 1.29 is 4.79 Å². The lowest BCUT2D eigenvalue weighted by Gasteiger charge is -2.06. The summed E-state index contributed by atoms with van der Waals surface area (Å²) in [7, 11) is 0. The van der Waals surface area contributed by atoms with Crippen molar-refractivity contribution in [2.75, 3.05) is 6.54 Å². The van der Waals surface area contributed by atoms with Gasteiger partial charge in [-0.05, 0) is 43.1 Å². The van der Waals surface area contributed by atoms with Gasteiger partial charge in [0.25, 0.3) is 0 Å². The van der Waals surface area contributed by atoms with Crippen molar-refractivity contribution >= 4 is 18.1 Å². The van der Waals surface area contributed by atoms with Crippen molar-refractivity contribution in [3.63, 3.8) is 0 Å². The van der Waals surface area contributed by atoms with E-state index in [1.807, 2.05) is 29.8 Å². The minimum absolute atomic E-state index is 0.0765. The van der Waals surface area contributed by atoms with Crippen LogP contribution in [-0.2, 0) is 11.3 Å². The highest BCUT2D eigenvalue weighted by atomic mass is 32.1. The standard InChI is InChI=1S/C14H17N5OS/c1-9-17-18-14(21)19(9)6-5-16-13(20)12-7-11(12)10-3-2-4-15-8-10/h2-4,8,11-12H,5-7H2,1H3,(H,16,20)(H,18,21)/t11-,12+/m1/s1. The quantitative estimate of drug-likeness (QED) is 0.822. The van der Waals surface area contributed by atoms with Crippen LogP contribution in [0.2, 0.25) is 0 Å². The number of aromatic amines is 1. The number of carbonyl (C=O) groups excluding carboxylic acids is 1. The maximum atomic E-state index is 12.1. The first-order chi connectivity index (χ1) is 10.2. The molecule has 1 fully saturated rings. The first-order valence-corrected chi connectivity index (χ1v) is 7.37. The molecule has 2 atom stereocenters. The summed E-state index contributed by atoms with van der Waals surface area (Å²) in [5, 5.41) is 9.74. The Bertz CT molecular complexity index is 693. The summed E-state index contributed by atoms with van der Waals surface area (Å²) in [6.07, 6.45) is 4.49. The Kier molecular flexibility index (Phi) is 3.83. The van der Waals surface area contributed by atoms with Crippen LogP contribution in [-0.4, -0.2) is 32.2 Å². The van der Waals surface area contributed by atoms with Crippen LogP contribution in [0.5, 0.6) is 0 Å². The van der Waals surface area contributed by atoms with Crippen LogP contribution in [0.4, 0.5) is 0 Å². The number of aromatic nitrogens is 4. The number of H-pyrrole nitrogens is 1. The molecule has 3 rings (SSSR count). The number of pyridine rings is 1. The summed E-state index contributed by atoms with van der Waals surface area (Å²) in [6.45, 7) is 3.08. The van der Waals surface area contributed by atoms with E-state index >= 15 is 0 Å². The molecule has 1 aliphatic carbocycles. The summed E-state index contributed by atoms with van der Waals surface area (Å²) in [5.74, 6) is 1.33. The van der Waals surface area contributed by atoms with E-state index in [4.69, 9.17) is 12.2 Å². The van der Waals surface area contributed by atoms with Gasteiger partial charge in [0.2, 0.25) is 5.91 Å². The van der Waals surface area contributed by atoms with E-state index in [0.29, 0.717) is 23.8 Å². The molecule has 7 heteroatoms. The van der Waals surface area contributed by atoms with E-state index in [-0.39, 0.29) is 11.8 Å². The number of aryl methyl sites for hydroxylation is 1. The number of nitrogens with zero attached hydrogens (tertiary/aromatic N) is 3. The molecule has 110 valence electrons. The van der Waals surface area contributed by atoms with Crippen molar-refractivity contribution in [3.05, 3.63) is 40.7 Å². The van der Waals surface area contributed by atoms with Gasteiger partial charge in [0.15, 0.2) is 4.77 Å². The highest BCUT2D eigenvalue weighted by molar-refractivity contribution is 7.71. The Hall–Kier alpha value is -2.02.